The molecule has 1 amide bonds. The third kappa shape index (κ3) is 5.36. The zero-order valence-electron chi connectivity index (χ0n) is 16.2. The smallest absolute Gasteiger partial charge is 0.248 e. The molecule has 6 heteroatoms. The molecule has 150 valence electrons. The highest BCUT2D eigenvalue weighted by Crippen LogP contribution is 2.25. The molecule has 0 aliphatic carbocycles. The normalized spacial score (nSPS) is 10.1. The fourth-order valence-corrected chi connectivity index (χ4v) is 3.21. The van der Waals surface area contributed by atoms with Gasteiger partial charge in [-0.3, -0.25) is 10.2 Å². The molecular weight excluding hydrogens is 384 g/mol. The average molecular weight is 409 g/mol. The molecule has 0 spiro atoms. The minimum atomic E-state index is -0.433. The van der Waals surface area contributed by atoms with E-state index in [2.05, 4.69) is 5.32 Å². The number of anilines is 1. The van der Waals surface area contributed by atoms with Crippen molar-refractivity contribution in [3.05, 3.63) is 100 Å². The Hall–Kier alpha value is -3.31. The number of amidine groups is 1. The summed E-state index contributed by atoms with van der Waals surface area (Å²) in [6, 6.07) is 21.3. The summed E-state index contributed by atoms with van der Waals surface area (Å²) in [4.78, 5) is 11.9. The van der Waals surface area contributed by atoms with Crippen LogP contribution in [0.15, 0.2) is 66.7 Å². The Morgan fingerprint density at radius 2 is 1.72 bits per heavy atom. The highest BCUT2D eigenvalue weighted by Gasteiger charge is 2.14. The van der Waals surface area contributed by atoms with Gasteiger partial charge in [0.1, 0.15) is 5.84 Å². The molecule has 0 saturated heterocycles. The van der Waals surface area contributed by atoms with E-state index in [1.165, 1.54) is 0 Å². The van der Waals surface area contributed by atoms with Crippen LogP contribution in [-0.4, -0.2) is 11.7 Å². The van der Waals surface area contributed by atoms with E-state index in [1.807, 2.05) is 67.6 Å². The van der Waals surface area contributed by atoms with Crippen molar-refractivity contribution < 1.29 is 4.79 Å². The lowest BCUT2D eigenvalue weighted by atomic mass is 9.93. The van der Waals surface area contributed by atoms with E-state index in [0.717, 1.165) is 27.9 Å². The van der Waals surface area contributed by atoms with Crippen LogP contribution in [0, 0.1) is 12.3 Å². The lowest BCUT2D eigenvalue weighted by Gasteiger charge is -2.16. The molecular formula is C23H25ClN4O. The van der Waals surface area contributed by atoms with E-state index in [0.29, 0.717) is 24.1 Å². The molecule has 0 aliphatic rings. The Kier molecular flexibility index (Phi) is 7.39. The van der Waals surface area contributed by atoms with Crippen LogP contribution in [0.3, 0.4) is 0 Å². The summed E-state index contributed by atoms with van der Waals surface area (Å²) in [6.07, 6.45) is 0.556. The fourth-order valence-electron chi connectivity index (χ4n) is 3.21. The zero-order chi connectivity index (χ0) is 20.1. The zero-order valence-corrected chi connectivity index (χ0v) is 17.1. The maximum atomic E-state index is 11.9. The highest BCUT2D eigenvalue weighted by molar-refractivity contribution is 5.96. The van der Waals surface area contributed by atoms with Gasteiger partial charge in [-0.15, -0.1) is 12.4 Å². The largest absolute Gasteiger partial charge is 0.384 e. The van der Waals surface area contributed by atoms with Gasteiger partial charge in [0.2, 0.25) is 5.91 Å². The Labute approximate surface area is 177 Å². The van der Waals surface area contributed by atoms with Crippen molar-refractivity contribution in [1.29, 1.82) is 5.41 Å². The van der Waals surface area contributed by atoms with E-state index in [-0.39, 0.29) is 18.2 Å². The molecule has 0 atom stereocenters. The van der Waals surface area contributed by atoms with Crippen molar-refractivity contribution in [3.8, 4) is 0 Å². The second kappa shape index (κ2) is 9.75. The molecule has 0 fully saturated rings. The number of aryl methyl sites for hydroxylation is 1. The van der Waals surface area contributed by atoms with Gasteiger partial charge in [-0.25, -0.2) is 0 Å². The van der Waals surface area contributed by atoms with Crippen LogP contribution < -0.4 is 16.8 Å². The summed E-state index contributed by atoms with van der Waals surface area (Å²) in [5, 5.41) is 11.2. The van der Waals surface area contributed by atoms with Gasteiger partial charge in [0.05, 0.1) is 0 Å². The van der Waals surface area contributed by atoms with Crippen LogP contribution in [0.2, 0.25) is 0 Å². The first-order chi connectivity index (χ1) is 13.5. The Morgan fingerprint density at radius 3 is 2.38 bits per heavy atom. The molecule has 3 aromatic rings. The fraction of sp³-hybridized carbons (Fsp3) is 0.130. The lowest BCUT2D eigenvalue weighted by molar-refractivity contribution is 0.0999. The summed E-state index contributed by atoms with van der Waals surface area (Å²) in [7, 11) is 0. The number of halogens is 1. The number of nitrogens with one attached hydrogen (secondary N) is 2. The number of carbonyl (C=O) groups is 1. The van der Waals surface area contributed by atoms with Gasteiger partial charge in [0.15, 0.2) is 0 Å². The molecule has 29 heavy (non-hydrogen) atoms. The molecule has 0 aliphatic heterocycles. The number of hydrogen-bond acceptors (Lipinski definition) is 3. The molecule has 0 unspecified atom stereocenters. The Bertz CT molecular complexity index is 1020. The van der Waals surface area contributed by atoms with Crippen molar-refractivity contribution in [2.24, 2.45) is 11.5 Å². The number of nitrogen functional groups attached to an aromatic ring is 1. The molecule has 0 bridgehead atoms. The third-order valence-corrected chi connectivity index (χ3v) is 4.79. The van der Waals surface area contributed by atoms with Crippen molar-refractivity contribution in [3.63, 3.8) is 0 Å². The number of nitrogens with two attached hydrogens (primary N) is 2. The predicted molar refractivity (Wildman–Crippen MR) is 121 cm³/mol. The monoisotopic (exact) mass is 408 g/mol. The van der Waals surface area contributed by atoms with Crippen LogP contribution in [0.4, 0.5) is 5.69 Å². The Morgan fingerprint density at radius 1 is 1.00 bits per heavy atom. The molecule has 3 aromatic carbocycles. The van der Waals surface area contributed by atoms with Crippen molar-refractivity contribution >= 4 is 29.8 Å². The van der Waals surface area contributed by atoms with Crippen molar-refractivity contribution in [1.82, 2.24) is 0 Å². The van der Waals surface area contributed by atoms with Gasteiger partial charge < -0.3 is 16.8 Å². The van der Waals surface area contributed by atoms with Crippen LogP contribution in [0.5, 0.6) is 0 Å². The van der Waals surface area contributed by atoms with Crippen LogP contribution >= 0.6 is 12.4 Å². The predicted octanol–water partition coefficient (Wildman–Crippen LogP) is 4.00. The lowest BCUT2D eigenvalue weighted by Crippen LogP contribution is -2.16. The number of benzene rings is 3. The van der Waals surface area contributed by atoms with Gasteiger partial charge in [-0.05, 0) is 41.3 Å². The maximum absolute atomic E-state index is 11.9. The van der Waals surface area contributed by atoms with E-state index in [4.69, 9.17) is 16.9 Å². The SMILES string of the molecule is Cc1cccc(C(N)=O)c1Cc1ccc(C(=N)N)cc1NCc1ccccc1.Cl. The molecule has 0 aromatic heterocycles. The van der Waals surface area contributed by atoms with Gasteiger partial charge in [0, 0.05) is 29.8 Å². The first-order valence-electron chi connectivity index (χ1n) is 9.09. The Balaban J connectivity index is 0.00000300. The van der Waals surface area contributed by atoms with Gasteiger partial charge in [-0.1, -0.05) is 54.6 Å². The van der Waals surface area contributed by atoms with Gasteiger partial charge in [-0.2, -0.15) is 0 Å². The molecule has 3 rings (SSSR count). The quantitative estimate of drug-likeness (QED) is 0.350. The molecule has 0 heterocycles. The number of primary amides is 1. The minimum absolute atomic E-state index is 0. The van der Waals surface area contributed by atoms with E-state index < -0.39 is 5.91 Å². The number of amides is 1. The third-order valence-electron chi connectivity index (χ3n) is 4.79. The van der Waals surface area contributed by atoms with E-state index in [1.54, 1.807) is 6.07 Å². The summed E-state index contributed by atoms with van der Waals surface area (Å²) in [5.41, 5.74) is 17.4. The molecule has 6 N–H and O–H groups in total. The topological polar surface area (TPSA) is 105 Å². The standard InChI is InChI=1S/C23H24N4O.ClH/c1-15-6-5-9-19(23(26)28)20(15)12-17-10-11-18(22(24)25)13-21(17)27-14-16-7-3-2-4-8-16;/h2-11,13,27H,12,14H2,1H3,(H3,24,25)(H2,26,28);1H. The molecule has 5 nitrogen and oxygen atoms in total. The highest BCUT2D eigenvalue weighted by atomic mass is 35.5. The first-order valence-corrected chi connectivity index (χ1v) is 9.09. The number of rotatable bonds is 7. The summed E-state index contributed by atoms with van der Waals surface area (Å²) in [6.45, 7) is 2.62. The van der Waals surface area contributed by atoms with Crippen molar-refractivity contribution in [2.75, 3.05) is 5.32 Å². The van der Waals surface area contributed by atoms with Crippen LogP contribution in [-0.2, 0) is 13.0 Å². The van der Waals surface area contributed by atoms with Gasteiger partial charge >= 0.3 is 0 Å². The van der Waals surface area contributed by atoms with Gasteiger partial charge in [0.25, 0.3) is 0 Å². The second-order valence-corrected chi connectivity index (χ2v) is 6.77. The minimum Gasteiger partial charge on any atom is -0.384 e. The number of carbonyl (C=O) groups excluding carboxylic acids is 1. The summed E-state index contributed by atoms with van der Waals surface area (Å²) in [5.74, 6) is -0.416. The molecule has 0 saturated carbocycles. The van der Waals surface area contributed by atoms with E-state index >= 15 is 0 Å². The summed E-state index contributed by atoms with van der Waals surface area (Å²) >= 11 is 0. The molecule has 0 radical (unpaired) electrons. The average Bonchev–Trinajstić information content (AvgIpc) is 2.69. The van der Waals surface area contributed by atoms with Crippen molar-refractivity contribution in [2.45, 2.75) is 19.9 Å². The van der Waals surface area contributed by atoms with E-state index in [9.17, 15) is 4.79 Å². The van der Waals surface area contributed by atoms with Crippen LogP contribution in [0.1, 0.15) is 38.2 Å². The summed E-state index contributed by atoms with van der Waals surface area (Å²) < 4.78 is 0. The second-order valence-electron chi connectivity index (χ2n) is 6.77. The number of hydrogen-bond donors (Lipinski definition) is 4. The maximum Gasteiger partial charge on any atom is 0.248 e. The first kappa shape index (κ1) is 22.0. The van der Waals surface area contributed by atoms with Crippen LogP contribution in [0.25, 0.3) is 0 Å².